The second-order valence-corrected chi connectivity index (χ2v) is 5.15. The number of nitrogens with zero attached hydrogens (tertiary/aromatic N) is 2. The Morgan fingerprint density at radius 1 is 1.61 bits per heavy atom. The van der Waals surface area contributed by atoms with Crippen molar-refractivity contribution < 1.29 is 4.92 Å². The number of anilines is 1. The van der Waals surface area contributed by atoms with Crippen molar-refractivity contribution in [2.45, 2.75) is 6.42 Å². The molecule has 6 heteroatoms. The number of halogens is 1. The minimum Gasteiger partial charge on any atom is -0.379 e. The van der Waals surface area contributed by atoms with Gasteiger partial charge in [-0.2, -0.15) is 0 Å². The van der Waals surface area contributed by atoms with Crippen molar-refractivity contribution in [1.82, 2.24) is 4.90 Å². The second-order valence-electron chi connectivity index (χ2n) is 4.72. The van der Waals surface area contributed by atoms with Gasteiger partial charge in [-0.05, 0) is 38.1 Å². The largest absolute Gasteiger partial charge is 0.379 e. The molecule has 0 saturated carbocycles. The Morgan fingerprint density at radius 2 is 2.39 bits per heavy atom. The third kappa shape index (κ3) is 3.11. The van der Waals surface area contributed by atoms with Gasteiger partial charge in [-0.25, -0.2) is 0 Å². The lowest BCUT2D eigenvalue weighted by Crippen LogP contribution is -2.19. The van der Waals surface area contributed by atoms with Crippen LogP contribution in [0.15, 0.2) is 18.2 Å². The summed E-state index contributed by atoms with van der Waals surface area (Å²) in [7, 11) is 2.09. The van der Waals surface area contributed by atoms with E-state index in [-0.39, 0.29) is 10.6 Å². The fourth-order valence-electron chi connectivity index (χ4n) is 2.26. The molecule has 0 amide bonds. The van der Waals surface area contributed by atoms with Crippen LogP contribution in [0.5, 0.6) is 0 Å². The van der Waals surface area contributed by atoms with Gasteiger partial charge in [-0.3, -0.25) is 10.1 Å². The molecular formula is C12H16ClN3O2. The van der Waals surface area contributed by atoms with Crippen LogP contribution in [0.4, 0.5) is 11.4 Å². The summed E-state index contributed by atoms with van der Waals surface area (Å²) >= 11 is 5.87. The Kier molecular flexibility index (Phi) is 4.04. The van der Waals surface area contributed by atoms with Gasteiger partial charge >= 0.3 is 0 Å². The number of nitro groups is 1. The maximum absolute atomic E-state index is 10.9. The van der Waals surface area contributed by atoms with Crippen molar-refractivity contribution in [2.75, 3.05) is 32.0 Å². The predicted molar refractivity (Wildman–Crippen MR) is 72.2 cm³/mol. The van der Waals surface area contributed by atoms with Crippen LogP contribution in [-0.4, -0.2) is 36.5 Å². The molecule has 1 aromatic rings. The zero-order chi connectivity index (χ0) is 13.1. The van der Waals surface area contributed by atoms with Crippen LogP contribution in [0.1, 0.15) is 6.42 Å². The lowest BCUT2D eigenvalue weighted by atomic mass is 10.1. The molecule has 1 unspecified atom stereocenters. The fourth-order valence-corrected chi connectivity index (χ4v) is 2.43. The minimum absolute atomic E-state index is 0.0748. The Bertz CT molecular complexity index is 453. The molecule has 0 bridgehead atoms. The van der Waals surface area contributed by atoms with Crippen LogP contribution in [0.3, 0.4) is 0 Å². The molecule has 1 atom stereocenters. The van der Waals surface area contributed by atoms with Crippen molar-refractivity contribution in [3.8, 4) is 0 Å². The molecule has 98 valence electrons. The molecule has 1 fully saturated rings. The van der Waals surface area contributed by atoms with Gasteiger partial charge in [0, 0.05) is 24.2 Å². The highest BCUT2D eigenvalue weighted by Gasteiger charge is 2.20. The van der Waals surface area contributed by atoms with E-state index in [9.17, 15) is 10.1 Å². The number of nitrogens with one attached hydrogen (secondary N) is 1. The van der Waals surface area contributed by atoms with E-state index in [1.807, 2.05) is 0 Å². The Balaban J connectivity index is 2.04. The van der Waals surface area contributed by atoms with Crippen LogP contribution in [0.2, 0.25) is 5.02 Å². The van der Waals surface area contributed by atoms with Gasteiger partial charge in [-0.15, -0.1) is 0 Å². The van der Waals surface area contributed by atoms with Gasteiger partial charge in [0.15, 0.2) is 0 Å². The van der Waals surface area contributed by atoms with Gasteiger partial charge in [0.05, 0.1) is 4.92 Å². The van der Waals surface area contributed by atoms with Gasteiger partial charge in [0.2, 0.25) is 0 Å². The molecule has 1 saturated heterocycles. The third-order valence-electron chi connectivity index (χ3n) is 3.23. The first-order valence-corrected chi connectivity index (χ1v) is 6.30. The zero-order valence-electron chi connectivity index (χ0n) is 10.2. The highest BCUT2D eigenvalue weighted by molar-refractivity contribution is 6.31. The maximum atomic E-state index is 10.9. The van der Waals surface area contributed by atoms with Crippen molar-refractivity contribution in [3.63, 3.8) is 0 Å². The molecule has 1 heterocycles. The van der Waals surface area contributed by atoms with Crippen molar-refractivity contribution in [1.29, 1.82) is 0 Å². The van der Waals surface area contributed by atoms with E-state index in [0.717, 1.165) is 26.1 Å². The van der Waals surface area contributed by atoms with Crippen LogP contribution in [-0.2, 0) is 0 Å². The molecule has 0 aliphatic carbocycles. The van der Waals surface area contributed by atoms with Crippen LogP contribution in [0.25, 0.3) is 0 Å². The highest BCUT2D eigenvalue weighted by Crippen LogP contribution is 2.28. The predicted octanol–water partition coefficient (Wildman–Crippen LogP) is 2.61. The monoisotopic (exact) mass is 269 g/mol. The Morgan fingerprint density at radius 3 is 3.00 bits per heavy atom. The van der Waals surface area contributed by atoms with Gasteiger partial charge in [0.1, 0.15) is 5.69 Å². The molecule has 2 rings (SSSR count). The Hall–Kier alpha value is -1.33. The quantitative estimate of drug-likeness (QED) is 0.674. The van der Waals surface area contributed by atoms with E-state index in [1.165, 1.54) is 12.1 Å². The summed E-state index contributed by atoms with van der Waals surface area (Å²) in [5.74, 6) is 0.536. The zero-order valence-corrected chi connectivity index (χ0v) is 11.0. The summed E-state index contributed by atoms with van der Waals surface area (Å²) in [6.45, 7) is 2.86. The van der Waals surface area contributed by atoms with Crippen LogP contribution >= 0.6 is 11.6 Å². The van der Waals surface area contributed by atoms with E-state index < -0.39 is 0 Å². The van der Waals surface area contributed by atoms with Crippen LogP contribution < -0.4 is 5.32 Å². The summed E-state index contributed by atoms with van der Waals surface area (Å²) in [5, 5.41) is 14.5. The number of hydrogen-bond acceptors (Lipinski definition) is 4. The number of hydrogen-bond donors (Lipinski definition) is 1. The lowest BCUT2D eigenvalue weighted by molar-refractivity contribution is -0.384. The molecule has 0 radical (unpaired) electrons. The van der Waals surface area contributed by atoms with Gasteiger partial charge < -0.3 is 10.2 Å². The van der Waals surface area contributed by atoms with E-state index in [1.54, 1.807) is 6.07 Å². The van der Waals surface area contributed by atoms with Crippen molar-refractivity contribution in [3.05, 3.63) is 33.3 Å². The van der Waals surface area contributed by atoms with Gasteiger partial charge in [0.25, 0.3) is 5.69 Å². The first kappa shape index (κ1) is 13.1. The molecule has 18 heavy (non-hydrogen) atoms. The maximum Gasteiger partial charge on any atom is 0.292 e. The average Bonchev–Trinajstić information content (AvgIpc) is 2.72. The van der Waals surface area contributed by atoms with E-state index in [2.05, 4.69) is 17.3 Å². The number of likely N-dealkylation sites (tertiary alicyclic amines) is 1. The van der Waals surface area contributed by atoms with Gasteiger partial charge in [-0.1, -0.05) is 11.6 Å². The second kappa shape index (κ2) is 5.54. The molecule has 1 aromatic carbocycles. The first-order valence-electron chi connectivity index (χ1n) is 5.92. The molecule has 1 N–H and O–H groups in total. The topological polar surface area (TPSA) is 58.4 Å². The standard InChI is InChI=1S/C12H16ClN3O2/c1-15-5-4-9(8-15)7-14-11-6-10(13)2-3-12(11)16(17)18/h2-3,6,9,14H,4-5,7-8H2,1H3. The smallest absolute Gasteiger partial charge is 0.292 e. The summed E-state index contributed by atoms with van der Waals surface area (Å²) < 4.78 is 0. The number of rotatable bonds is 4. The van der Waals surface area contributed by atoms with Crippen LogP contribution in [0, 0.1) is 16.0 Å². The normalized spacial score (nSPS) is 20.0. The summed E-state index contributed by atoms with van der Waals surface area (Å²) in [6, 6.07) is 4.58. The highest BCUT2D eigenvalue weighted by atomic mass is 35.5. The summed E-state index contributed by atoms with van der Waals surface area (Å²) in [5.41, 5.74) is 0.577. The van der Waals surface area contributed by atoms with E-state index >= 15 is 0 Å². The number of benzene rings is 1. The SMILES string of the molecule is CN1CCC(CNc2cc(Cl)ccc2[N+](=O)[O-])C1. The molecule has 1 aliphatic heterocycles. The number of nitro benzene ring substituents is 1. The minimum atomic E-state index is -0.389. The average molecular weight is 270 g/mol. The third-order valence-corrected chi connectivity index (χ3v) is 3.46. The summed E-state index contributed by atoms with van der Waals surface area (Å²) in [4.78, 5) is 12.8. The molecular weight excluding hydrogens is 254 g/mol. The molecule has 0 aromatic heterocycles. The summed E-state index contributed by atoms with van der Waals surface area (Å²) in [6.07, 6.45) is 1.12. The van der Waals surface area contributed by atoms with E-state index in [0.29, 0.717) is 16.6 Å². The molecule has 1 aliphatic rings. The fraction of sp³-hybridized carbons (Fsp3) is 0.500. The van der Waals surface area contributed by atoms with E-state index in [4.69, 9.17) is 11.6 Å². The first-order chi connectivity index (χ1) is 8.56. The van der Waals surface area contributed by atoms with Crippen molar-refractivity contribution >= 4 is 23.0 Å². The van der Waals surface area contributed by atoms with Crippen molar-refractivity contribution in [2.24, 2.45) is 5.92 Å². The lowest BCUT2D eigenvalue weighted by Gasteiger charge is -2.13. The Labute approximate surface area is 111 Å². The molecule has 0 spiro atoms. The molecule has 5 nitrogen and oxygen atoms in total.